The zero-order valence-electron chi connectivity index (χ0n) is 12.2. The van der Waals surface area contributed by atoms with Crippen LogP contribution >= 0.6 is 0 Å². The van der Waals surface area contributed by atoms with E-state index in [-0.39, 0.29) is 6.03 Å². The van der Waals surface area contributed by atoms with Crippen molar-refractivity contribution in [3.05, 3.63) is 48.7 Å². The number of aromatic nitrogens is 1. The predicted molar refractivity (Wildman–Crippen MR) is 83.7 cm³/mol. The van der Waals surface area contributed by atoms with Crippen molar-refractivity contribution in [3.63, 3.8) is 0 Å². The van der Waals surface area contributed by atoms with E-state index < -0.39 is 0 Å². The van der Waals surface area contributed by atoms with Crippen LogP contribution in [0.5, 0.6) is 5.75 Å². The topological polar surface area (TPSA) is 63.2 Å². The lowest BCUT2D eigenvalue weighted by Gasteiger charge is -2.10. The molecule has 110 valence electrons. The van der Waals surface area contributed by atoms with Crippen LogP contribution in [-0.2, 0) is 0 Å². The van der Waals surface area contributed by atoms with Gasteiger partial charge in [-0.25, -0.2) is 9.78 Å². The van der Waals surface area contributed by atoms with Crippen LogP contribution in [0.2, 0.25) is 0 Å². The first-order valence-corrected chi connectivity index (χ1v) is 6.85. The van der Waals surface area contributed by atoms with E-state index in [0.29, 0.717) is 24.0 Å². The van der Waals surface area contributed by atoms with Gasteiger partial charge in [0.25, 0.3) is 0 Å². The van der Waals surface area contributed by atoms with Crippen LogP contribution in [0.3, 0.4) is 0 Å². The van der Waals surface area contributed by atoms with E-state index in [2.05, 4.69) is 29.5 Å². The highest BCUT2D eigenvalue weighted by Crippen LogP contribution is 2.16. The van der Waals surface area contributed by atoms with Crippen LogP contribution in [0.25, 0.3) is 0 Å². The predicted octanol–water partition coefficient (Wildman–Crippen LogP) is 3.76. The molecule has 0 saturated heterocycles. The van der Waals surface area contributed by atoms with Crippen molar-refractivity contribution in [2.24, 2.45) is 5.92 Å². The fourth-order valence-corrected chi connectivity index (χ4v) is 1.61. The third kappa shape index (κ3) is 5.14. The monoisotopic (exact) mass is 285 g/mol. The molecule has 0 radical (unpaired) electrons. The molecule has 5 heteroatoms. The molecule has 0 atom stereocenters. The SMILES string of the molecule is CC(C)COc1ccc(NC(=O)Nc2ccccn2)cc1. The van der Waals surface area contributed by atoms with Gasteiger partial charge in [0.1, 0.15) is 11.6 Å². The van der Waals surface area contributed by atoms with E-state index in [1.807, 2.05) is 18.2 Å². The fourth-order valence-electron chi connectivity index (χ4n) is 1.61. The van der Waals surface area contributed by atoms with Gasteiger partial charge in [0.2, 0.25) is 0 Å². The third-order valence-corrected chi connectivity index (χ3v) is 2.60. The van der Waals surface area contributed by atoms with Crippen LogP contribution < -0.4 is 15.4 Å². The lowest BCUT2D eigenvalue weighted by Crippen LogP contribution is -2.19. The molecule has 0 fully saturated rings. The Hall–Kier alpha value is -2.56. The highest BCUT2D eigenvalue weighted by molar-refractivity contribution is 5.99. The Kier molecular flexibility index (Phi) is 5.15. The largest absolute Gasteiger partial charge is 0.493 e. The number of pyridine rings is 1. The van der Waals surface area contributed by atoms with Crippen molar-refractivity contribution in [2.75, 3.05) is 17.2 Å². The smallest absolute Gasteiger partial charge is 0.324 e. The Bertz CT molecular complexity index is 568. The number of carbonyl (C=O) groups is 1. The molecule has 2 N–H and O–H groups in total. The van der Waals surface area contributed by atoms with Crippen LogP contribution in [-0.4, -0.2) is 17.6 Å². The summed E-state index contributed by atoms with van der Waals surface area (Å²) in [6.45, 7) is 4.86. The zero-order valence-corrected chi connectivity index (χ0v) is 12.2. The highest BCUT2D eigenvalue weighted by atomic mass is 16.5. The maximum Gasteiger partial charge on any atom is 0.324 e. The van der Waals surface area contributed by atoms with Crippen LogP contribution in [0, 0.1) is 5.92 Å². The van der Waals surface area contributed by atoms with Gasteiger partial charge >= 0.3 is 6.03 Å². The number of hydrogen-bond acceptors (Lipinski definition) is 3. The molecule has 2 rings (SSSR count). The number of nitrogens with zero attached hydrogens (tertiary/aromatic N) is 1. The maximum absolute atomic E-state index is 11.8. The van der Waals surface area contributed by atoms with Crippen LogP contribution in [0.4, 0.5) is 16.3 Å². The number of nitrogens with one attached hydrogen (secondary N) is 2. The minimum Gasteiger partial charge on any atom is -0.493 e. The zero-order chi connectivity index (χ0) is 15.1. The number of hydrogen-bond donors (Lipinski definition) is 2. The van der Waals surface area contributed by atoms with Gasteiger partial charge in [0.05, 0.1) is 6.61 Å². The summed E-state index contributed by atoms with van der Waals surface area (Å²) >= 11 is 0. The number of amides is 2. The summed E-state index contributed by atoms with van der Waals surface area (Å²) in [5.41, 5.74) is 0.695. The van der Waals surface area contributed by atoms with Crippen molar-refractivity contribution in [2.45, 2.75) is 13.8 Å². The average Bonchev–Trinajstić information content (AvgIpc) is 2.47. The molecule has 0 spiro atoms. The molecule has 0 aliphatic rings. The van der Waals surface area contributed by atoms with Gasteiger partial charge in [-0.2, -0.15) is 0 Å². The molecule has 1 aromatic heterocycles. The van der Waals surface area contributed by atoms with Gasteiger partial charge in [-0.05, 0) is 42.3 Å². The highest BCUT2D eigenvalue weighted by Gasteiger charge is 2.03. The normalized spacial score (nSPS) is 10.2. The van der Waals surface area contributed by atoms with E-state index in [1.165, 1.54) is 0 Å². The van der Waals surface area contributed by atoms with Crippen LogP contribution in [0.15, 0.2) is 48.7 Å². The molecule has 0 bridgehead atoms. The summed E-state index contributed by atoms with van der Waals surface area (Å²) in [5.74, 6) is 1.78. The summed E-state index contributed by atoms with van der Waals surface area (Å²) in [6.07, 6.45) is 1.62. The Morgan fingerprint density at radius 3 is 2.52 bits per heavy atom. The molecule has 0 aliphatic carbocycles. The molecule has 0 aliphatic heterocycles. The summed E-state index contributed by atoms with van der Waals surface area (Å²) in [7, 11) is 0. The van der Waals surface area contributed by atoms with Gasteiger partial charge in [-0.1, -0.05) is 19.9 Å². The second-order valence-corrected chi connectivity index (χ2v) is 5.02. The summed E-state index contributed by atoms with van der Waals surface area (Å²) in [4.78, 5) is 15.8. The fraction of sp³-hybridized carbons (Fsp3) is 0.250. The second kappa shape index (κ2) is 7.28. The quantitative estimate of drug-likeness (QED) is 0.879. The second-order valence-electron chi connectivity index (χ2n) is 5.02. The van der Waals surface area contributed by atoms with E-state index in [4.69, 9.17) is 4.74 Å². The lowest BCUT2D eigenvalue weighted by molar-refractivity contribution is 0.262. The summed E-state index contributed by atoms with van der Waals surface area (Å²) in [6, 6.07) is 12.3. The van der Waals surface area contributed by atoms with E-state index in [9.17, 15) is 4.79 Å². The molecule has 1 heterocycles. The Morgan fingerprint density at radius 2 is 1.90 bits per heavy atom. The van der Waals surface area contributed by atoms with Crippen molar-refractivity contribution in [1.82, 2.24) is 4.98 Å². The average molecular weight is 285 g/mol. The van der Waals surface area contributed by atoms with Gasteiger partial charge in [-0.15, -0.1) is 0 Å². The van der Waals surface area contributed by atoms with Gasteiger partial charge in [0, 0.05) is 11.9 Å². The molecular formula is C16H19N3O2. The Morgan fingerprint density at radius 1 is 1.14 bits per heavy atom. The molecule has 2 aromatic rings. The molecule has 0 unspecified atom stereocenters. The Balaban J connectivity index is 1.86. The van der Waals surface area contributed by atoms with Crippen molar-refractivity contribution in [3.8, 4) is 5.75 Å². The third-order valence-electron chi connectivity index (χ3n) is 2.60. The minimum absolute atomic E-state index is 0.329. The van der Waals surface area contributed by atoms with Gasteiger partial charge in [0.15, 0.2) is 0 Å². The number of urea groups is 1. The molecular weight excluding hydrogens is 266 g/mol. The number of benzene rings is 1. The molecule has 21 heavy (non-hydrogen) atoms. The van der Waals surface area contributed by atoms with E-state index in [1.54, 1.807) is 30.5 Å². The molecule has 0 saturated carbocycles. The molecule has 1 aromatic carbocycles. The van der Waals surface area contributed by atoms with Crippen molar-refractivity contribution >= 4 is 17.5 Å². The standard InChI is InChI=1S/C16H19N3O2/c1-12(2)11-21-14-8-6-13(7-9-14)18-16(20)19-15-5-3-4-10-17-15/h3-10,12H,11H2,1-2H3,(H2,17,18,19,20). The first kappa shape index (κ1) is 14.8. The lowest BCUT2D eigenvalue weighted by atomic mass is 10.2. The maximum atomic E-state index is 11.8. The molecule has 2 amide bonds. The van der Waals surface area contributed by atoms with Gasteiger partial charge < -0.3 is 10.1 Å². The first-order chi connectivity index (χ1) is 10.1. The van der Waals surface area contributed by atoms with Crippen molar-refractivity contribution in [1.29, 1.82) is 0 Å². The minimum atomic E-state index is -0.329. The van der Waals surface area contributed by atoms with E-state index in [0.717, 1.165) is 5.75 Å². The van der Waals surface area contributed by atoms with Crippen molar-refractivity contribution < 1.29 is 9.53 Å². The number of anilines is 2. The number of carbonyl (C=O) groups excluding carboxylic acids is 1. The summed E-state index contributed by atoms with van der Waals surface area (Å²) < 4.78 is 5.58. The van der Waals surface area contributed by atoms with E-state index >= 15 is 0 Å². The van der Waals surface area contributed by atoms with Gasteiger partial charge in [-0.3, -0.25) is 5.32 Å². The number of ether oxygens (including phenoxy) is 1. The Labute approximate surface area is 124 Å². The number of rotatable bonds is 5. The first-order valence-electron chi connectivity index (χ1n) is 6.85. The van der Waals surface area contributed by atoms with Crippen LogP contribution in [0.1, 0.15) is 13.8 Å². The molecule has 5 nitrogen and oxygen atoms in total. The summed E-state index contributed by atoms with van der Waals surface area (Å²) in [5, 5.41) is 5.39.